The van der Waals surface area contributed by atoms with Crippen LogP contribution in [0.2, 0.25) is 5.02 Å². The van der Waals surface area contributed by atoms with Crippen molar-refractivity contribution in [2.75, 3.05) is 23.3 Å². The van der Waals surface area contributed by atoms with Crippen molar-refractivity contribution in [1.29, 1.82) is 0 Å². The van der Waals surface area contributed by atoms with E-state index in [1.807, 2.05) is 24.3 Å². The summed E-state index contributed by atoms with van der Waals surface area (Å²) >= 11 is 5.98. The molecule has 122 valence electrons. The minimum atomic E-state index is -0.127. The summed E-state index contributed by atoms with van der Waals surface area (Å²) in [7, 11) is 0. The molecule has 2 aromatic carbocycles. The normalized spacial score (nSPS) is 14.3. The van der Waals surface area contributed by atoms with Crippen LogP contribution >= 0.6 is 11.6 Å². The molecule has 1 aliphatic rings. The molecule has 1 fully saturated rings. The topological polar surface area (TPSA) is 48.1 Å². The van der Waals surface area contributed by atoms with Crippen molar-refractivity contribution in [2.45, 2.75) is 12.8 Å². The summed E-state index contributed by atoms with van der Waals surface area (Å²) < 4.78 is 0. The number of carbonyl (C=O) groups is 1. The summed E-state index contributed by atoms with van der Waals surface area (Å²) in [6, 6.07) is 13.5. The van der Waals surface area contributed by atoms with Gasteiger partial charge in [0.15, 0.2) is 0 Å². The van der Waals surface area contributed by atoms with Crippen molar-refractivity contribution in [3.8, 4) is 0 Å². The zero-order valence-electron chi connectivity index (χ0n) is 13.2. The number of hydrogen-bond acceptors (Lipinski definition) is 2. The third-order valence-electron chi connectivity index (χ3n) is 4.48. The van der Waals surface area contributed by atoms with Gasteiger partial charge in [0, 0.05) is 46.6 Å². The summed E-state index contributed by atoms with van der Waals surface area (Å²) in [5.74, 6) is -0.127. The van der Waals surface area contributed by atoms with Gasteiger partial charge in [0.25, 0.3) is 5.91 Å². The van der Waals surface area contributed by atoms with Crippen LogP contribution in [-0.2, 0) is 0 Å². The van der Waals surface area contributed by atoms with Crippen LogP contribution in [-0.4, -0.2) is 24.0 Å². The number of aromatic amines is 1. The third-order valence-corrected chi connectivity index (χ3v) is 4.72. The number of benzene rings is 2. The number of carbonyl (C=O) groups excluding carboxylic acids is 1. The van der Waals surface area contributed by atoms with E-state index in [4.69, 9.17) is 11.6 Å². The standard InChI is InChI=1S/C19H18ClN3O/c20-13-3-8-16-17(12-21-18(16)11-13)19(24)22-14-4-6-15(7-5-14)23-9-1-2-10-23/h3-8,11-12,21H,1-2,9-10H2,(H,22,24). The van der Waals surface area contributed by atoms with Gasteiger partial charge >= 0.3 is 0 Å². The van der Waals surface area contributed by atoms with Crippen LogP contribution in [0.15, 0.2) is 48.7 Å². The first-order chi connectivity index (χ1) is 11.7. The lowest BCUT2D eigenvalue weighted by Crippen LogP contribution is -2.17. The quantitative estimate of drug-likeness (QED) is 0.728. The number of anilines is 2. The highest BCUT2D eigenvalue weighted by atomic mass is 35.5. The molecule has 24 heavy (non-hydrogen) atoms. The molecule has 1 aliphatic heterocycles. The zero-order chi connectivity index (χ0) is 16.5. The second-order valence-corrected chi connectivity index (χ2v) is 6.52. The Morgan fingerprint density at radius 2 is 1.83 bits per heavy atom. The zero-order valence-corrected chi connectivity index (χ0v) is 13.9. The van der Waals surface area contributed by atoms with E-state index in [9.17, 15) is 4.79 Å². The molecule has 0 spiro atoms. The molecule has 4 rings (SSSR count). The van der Waals surface area contributed by atoms with Gasteiger partial charge in [-0.15, -0.1) is 0 Å². The van der Waals surface area contributed by atoms with Crippen LogP contribution in [0.4, 0.5) is 11.4 Å². The highest BCUT2D eigenvalue weighted by Crippen LogP contribution is 2.25. The Bertz CT molecular complexity index is 879. The van der Waals surface area contributed by atoms with Crippen LogP contribution < -0.4 is 10.2 Å². The van der Waals surface area contributed by atoms with E-state index in [-0.39, 0.29) is 5.91 Å². The molecule has 0 radical (unpaired) electrons. The van der Waals surface area contributed by atoms with Gasteiger partial charge < -0.3 is 15.2 Å². The smallest absolute Gasteiger partial charge is 0.257 e. The molecule has 2 N–H and O–H groups in total. The van der Waals surface area contributed by atoms with E-state index < -0.39 is 0 Å². The molecule has 0 saturated carbocycles. The Morgan fingerprint density at radius 1 is 1.08 bits per heavy atom. The summed E-state index contributed by atoms with van der Waals surface area (Å²) in [6.45, 7) is 2.23. The lowest BCUT2D eigenvalue weighted by molar-refractivity contribution is 0.102. The van der Waals surface area contributed by atoms with Gasteiger partial charge in [0.1, 0.15) is 0 Å². The molecular formula is C19H18ClN3O. The average molecular weight is 340 g/mol. The maximum atomic E-state index is 12.5. The third kappa shape index (κ3) is 2.85. The average Bonchev–Trinajstić information content (AvgIpc) is 3.24. The number of nitrogens with one attached hydrogen (secondary N) is 2. The van der Waals surface area contributed by atoms with Crippen LogP contribution in [0.1, 0.15) is 23.2 Å². The Labute approximate surface area is 145 Å². The van der Waals surface area contributed by atoms with Crippen molar-refractivity contribution < 1.29 is 4.79 Å². The Balaban J connectivity index is 1.52. The van der Waals surface area contributed by atoms with Crippen molar-refractivity contribution in [2.24, 2.45) is 0 Å². The van der Waals surface area contributed by atoms with Crippen LogP contribution in [0, 0.1) is 0 Å². The molecule has 2 heterocycles. The highest BCUT2D eigenvalue weighted by Gasteiger charge is 2.14. The SMILES string of the molecule is O=C(Nc1ccc(N2CCCC2)cc1)c1c[nH]c2cc(Cl)ccc12. The molecule has 3 aromatic rings. The summed E-state index contributed by atoms with van der Waals surface area (Å²) in [4.78, 5) is 18.0. The van der Waals surface area contributed by atoms with E-state index in [0.29, 0.717) is 10.6 Å². The molecular weight excluding hydrogens is 322 g/mol. The lowest BCUT2D eigenvalue weighted by atomic mass is 10.1. The Hall–Kier alpha value is -2.46. The molecule has 4 nitrogen and oxygen atoms in total. The predicted molar refractivity (Wildman–Crippen MR) is 99.2 cm³/mol. The van der Waals surface area contributed by atoms with Crippen molar-refractivity contribution in [3.63, 3.8) is 0 Å². The van der Waals surface area contributed by atoms with Crippen molar-refractivity contribution in [3.05, 3.63) is 59.2 Å². The largest absolute Gasteiger partial charge is 0.372 e. The summed E-state index contributed by atoms with van der Waals surface area (Å²) in [5.41, 5.74) is 3.49. The molecule has 1 saturated heterocycles. The van der Waals surface area contributed by atoms with Gasteiger partial charge in [-0.1, -0.05) is 17.7 Å². The monoisotopic (exact) mass is 339 g/mol. The van der Waals surface area contributed by atoms with Crippen molar-refractivity contribution in [1.82, 2.24) is 4.98 Å². The van der Waals surface area contributed by atoms with E-state index in [1.54, 1.807) is 12.3 Å². The molecule has 0 unspecified atom stereocenters. The first-order valence-corrected chi connectivity index (χ1v) is 8.51. The highest BCUT2D eigenvalue weighted by molar-refractivity contribution is 6.31. The van der Waals surface area contributed by atoms with Crippen LogP contribution in [0.5, 0.6) is 0 Å². The van der Waals surface area contributed by atoms with Crippen LogP contribution in [0.3, 0.4) is 0 Å². The molecule has 1 aromatic heterocycles. The molecule has 5 heteroatoms. The first-order valence-electron chi connectivity index (χ1n) is 8.14. The van der Waals surface area contributed by atoms with Crippen LogP contribution in [0.25, 0.3) is 10.9 Å². The molecule has 0 aliphatic carbocycles. The van der Waals surface area contributed by atoms with Gasteiger partial charge in [-0.2, -0.15) is 0 Å². The van der Waals surface area contributed by atoms with E-state index in [0.717, 1.165) is 29.7 Å². The Morgan fingerprint density at radius 3 is 2.58 bits per heavy atom. The number of hydrogen-bond donors (Lipinski definition) is 2. The first kappa shape index (κ1) is 15.1. The maximum absolute atomic E-state index is 12.5. The minimum Gasteiger partial charge on any atom is -0.372 e. The summed E-state index contributed by atoms with van der Waals surface area (Å²) in [6.07, 6.45) is 4.22. The molecule has 0 bridgehead atoms. The van der Waals surface area contributed by atoms with Crippen molar-refractivity contribution >= 4 is 39.8 Å². The van der Waals surface area contributed by atoms with Gasteiger partial charge in [-0.3, -0.25) is 4.79 Å². The summed E-state index contributed by atoms with van der Waals surface area (Å²) in [5, 5.41) is 4.47. The number of fused-ring (bicyclic) bond motifs is 1. The number of aromatic nitrogens is 1. The van der Waals surface area contributed by atoms with Gasteiger partial charge in [0.2, 0.25) is 0 Å². The minimum absolute atomic E-state index is 0.127. The fourth-order valence-corrected chi connectivity index (χ4v) is 3.39. The van der Waals surface area contributed by atoms with E-state index in [2.05, 4.69) is 27.3 Å². The van der Waals surface area contributed by atoms with Gasteiger partial charge in [-0.05, 0) is 49.2 Å². The van der Waals surface area contributed by atoms with E-state index >= 15 is 0 Å². The molecule has 0 atom stereocenters. The number of amides is 1. The van der Waals surface area contributed by atoms with E-state index in [1.165, 1.54) is 18.5 Å². The second kappa shape index (κ2) is 6.21. The fourth-order valence-electron chi connectivity index (χ4n) is 3.22. The number of H-pyrrole nitrogens is 1. The van der Waals surface area contributed by atoms with Gasteiger partial charge in [0.05, 0.1) is 5.56 Å². The maximum Gasteiger partial charge on any atom is 0.257 e. The lowest BCUT2D eigenvalue weighted by Gasteiger charge is -2.17. The van der Waals surface area contributed by atoms with Gasteiger partial charge in [-0.25, -0.2) is 0 Å². The fraction of sp³-hybridized carbons (Fsp3) is 0.211. The molecule has 1 amide bonds. The number of nitrogens with zero attached hydrogens (tertiary/aromatic N) is 1. The number of halogens is 1. The predicted octanol–water partition coefficient (Wildman–Crippen LogP) is 4.67. The number of rotatable bonds is 3. The Kier molecular flexibility index (Phi) is 3.90. The second-order valence-electron chi connectivity index (χ2n) is 6.09.